The van der Waals surface area contributed by atoms with Gasteiger partial charge in [-0.1, -0.05) is 0 Å². The Morgan fingerprint density at radius 2 is 1.81 bits per heavy atom. The van der Waals surface area contributed by atoms with Gasteiger partial charge in [0.25, 0.3) is 5.91 Å². The van der Waals surface area contributed by atoms with Crippen molar-refractivity contribution in [2.24, 2.45) is 0 Å². The molecule has 0 aliphatic carbocycles. The highest BCUT2D eigenvalue weighted by Crippen LogP contribution is 2.27. The molecule has 0 spiro atoms. The van der Waals surface area contributed by atoms with Gasteiger partial charge in [0, 0.05) is 12.1 Å². The molecule has 26 heavy (non-hydrogen) atoms. The van der Waals surface area contributed by atoms with Gasteiger partial charge in [-0.25, -0.2) is 4.39 Å². The molecule has 0 unspecified atom stereocenters. The summed E-state index contributed by atoms with van der Waals surface area (Å²) in [4.78, 5) is 12.2. The number of amides is 1. The van der Waals surface area contributed by atoms with Crippen LogP contribution in [0.15, 0.2) is 42.5 Å². The molecule has 5 nitrogen and oxygen atoms in total. The van der Waals surface area contributed by atoms with E-state index in [2.05, 4.69) is 5.32 Å². The molecule has 0 aromatic heterocycles. The van der Waals surface area contributed by atoms with E-state index >= 15 is 0 Å². The average Bonchev–Trinajstić information content (AvgIpc) is 2.66. The quantitative estimate of drug-likeness (QED) is 0.654. The summed E-state index contributed by atoms with van der Waals surface area (Å²) in [5, 5.41) is 2.87. The predicted molar refractivity (Wildman–Crippen MR) is 97.6 cm³/mol. The smallest absolute Gasteiger partial charge is 0.251 e. The highest BCUT2D eigenvalue weighted by atomic mass is 19.1. The molecule has 2 aromatic carbocycles. The number of carbonyl (C=O) groups excluding carboxylic acids is 1. The molecular formula is C20H24FNO4. The second-order valence-corrected chi connectivity index (χ2v) is 5.56. The number of methoxy groups -OCH3 is 1. The number of hydrogen-bond acceptors (Lipinski definition) is 4. The van der Waals surface area contributed by atoms with Gasteiger partial charge in [0.15, 0.2) is 11.5 Å². The lowest BCUT2D eigenvalue weighted by Crippen LogP contribution is -2.24. The Morgan fingerprint density at radius 1 is 1.04 bits per heavy atom. The van der Waals surface area contributed by atoms with E-state index in [0.717, 1.165) is 12.8 Å². The number of nitrogens with one attached hydrogen (secondary N) is 1. The SMILES string of the molecule is CCOc1ccc(C(=O)NCCCCOc2ccc(F)cc2)cc1OC. The standard InChI is InChI=1S/C20H24FNO4/c1-3-25-18-11-6-15(14-19(18)24-2)20(23)22-12-4-5-13-26-17-9-7-16(21)8-10-17/h6-11,14H,3-5,12-13H2,1-2H3,(H,22,23). The van der Waals surface area contributed by atoms with E-state index in [-0.39, 0.29) is 11.7 Å². The van der Waals surface area contributed by atoms with Gasteiger partial charge in [0.05, 0.1) is 20.3 Å². The third-order valence-corrected chi connectivity index (χ3v) is 3.66. The van der Waals surface area contributed by atoms with E-state index in [1.165, 1.54) is 12.1 Å². The Hall–Kier alpha value is -2.76. The highest BCUT2D eigenvalue weighted by molar-refractivity contribution is 5.94. The molecule has 6 heteroatoms. The first-order chi connectivity index (χ1) is 12.6. The van der Waals surface area contributed by atoms with Crippen molar-refractivity contribution in [1.29, 1.82) is 0 Å². The number of hydrogen-bond donors (Lipinski definition) is 1. The topological polar surface area (TPSA) is 56.8 Å². The summed E-state index contributed by atoms with van der Waals surface area (Å²) in [6.07, 6.45) is 1.56. The number of unbranched alkanes of at least 4 members (excludes halogenated alkanes) is 1. The molecule has 140 valence electrons. The molecule has 0 radical (unpaired) electrons. The van der Waals surface area contributed by atoms with Gasteiger partial charge in [-0.05, 0) is 62.2 Å². The van der Waals surface area contributed by atoms with Crippen molar-refractivity contribution >= 4 is 5.91 Å². The van der Waals surface area contributed by atoms with Crippen LogP contribution in [-0.2, 0) is 0 Å². The Balaban J connectivity index is 1.70. The second kappa shape index (κ2) is 10.3. The molecule has 0 fully saturated rings. The Labute approximate surface area is 153 Å². The van der Waals surface area contributed by atoms with Crippen LogP contribution in [0.3, 0.4) is 0 Å². The molecule has 0 aliphatic heterocycles. The zero-order valence-electron chi connectivity index (χ0n) is 15.1. The van der Waals surface area contributed by atoms with Gasteiger partial charge in [-0.3, -0.25) is 4.79 Å². The maximum atomic E-state index is 12.8. The summed E-state index contributed by atoms with van der Waals surface area (Å²) < 4.78 is 29.0. The van der Waals surface area contributed by atoms with Crippen molar-refractivity contribution < 1.29 is 23.4 Å². The van der Waals surface area contributed by atoms with Crippen molar-refractivity contribution in [2.45, 2.75) is 19.8 Å². The molecule has 0 heterocycles. The Morgan fingerprint density at radius 3 is 2.50 bits per heavy atom. The van der Waals surface area contributed by atoms with Crippen LogP contribution < -0.4 is 19.5 Å². The minimum absolute atomic E-state index is 0.161. The van der Waals surface area contributed by atoms with Crippen LogP contribution in [0.5, 0.6) is 17.2 Å². The van der Waals surface area contributed by atoms with Crippen LogP contribution in [0.25, 0.3) is 0 Å². The van der Waals surface area contributed by atoms with Crippen LogP contribution >= 0.6 is 0 Å². The lowest BCUT2D eigenvalue weighted by atomic mass is 10.2. The van der Waals surface area contributed by atoms with Crippen LogP contribution in [-0.4, -0.2) is 32.8 Å². The van der Waals surface area contributed by atoms with Crippen molar-refractivity contribution in [1.82, 2.24) is 5.32 Å². The third-order valence-electron chi connectivity index (χ3n) is 3.66. The number of carbonyl (C=O) groups is 1. The average molecular weight is 361 g/mol. The first kappa shape index (κ1) is 19.6. The number of benzene rings is 2. The predicted octanol–water partition coefficient (Wildman–Crippen LogP) is 3.82. The molecule has 0 atom stereocenters. The largest absolute Gasteiger partial charge is 0.494 e. The van der Waals surface area contributed by atoms with Crippen LogP contribution in [0.4, 0.5) is 4.39 Å². The molecule has 0 aliphatic rings. The van der Waals surface area contributed by atoms with Crippen molar-refractivity contribution in [2.75, 3.05) is 26.9 Å². The number of rotatable bonds is 10. The second-order valence-electron chi connectivity index (χ2n) is 5.56. The van der Waals surface area contributed by atoms with E-state index < -0.39 is 0 Å². The van der Waals surface area contributed by atoms with Crippen molar-refractivity contribution in [3.8, 4) is 17.2 Å². The molecule has 0 saturated heterocycles. The summed E-state index contributed by atoms with van der Waals surface area (Å²) >= 11 is 0. The minimum Gasteiger partial charge on any atom is -0.494 e. The van der Waals surface area contributed by atoms with Crippen molar-refractivity contribution in [3.63, 3.8) is 0 Å². The van der Waals surface area contributed by atoms with E-state index in [1.54, 1.807) is 37.4 Å². The zero-order valence-corrected chi connectivity index (χ0v) is 15.1. The fraction of sp³-hybridized carbons (Fsp3) is 0.350. The monoisotopic (exact) mass is 361 g/mol. The van der Waals surface area contributed by atoms with Crippen LogP contribution in [0.2, 0.25) is 0 Å². The van der Waals surface area contributed by atoms with Gasteiger partial charge in [0.2, 0.25) is 0 Å². The maximum absolute atomic E-state index is 12.8. The summed E-state index contributed by atoms with van der Waals surface area (Å²) in [6, 6.07) is 11.0. The molecular weight excluding hydrogens is 337 g/mol. The molecule has 0 saturated carbocycles. The molecule has 1 N–H and O–H groups in total. The lowest BCUT2D eigenvalue weighted by molar-refractivity contribution is 0.0952. The van der Waals surface area contributed by atoms with Gasteiger partial charge >= 0.3 is 0 Å². The Bertz CT molecular complexity index is 703. The number of halogens is 1. The van der Waals surface area contributed by atoms with Gasteiger partial charge in [-0.2, -0.15) is 0 Å². The van der Waals surface area contributed by atoms with E-state index in [1.807, 2.05) is 6.92 Å². The normalized spacial score (nSPS) is 10.3. The summed E-state index contributed by atoms with van der Waals surface area (Å²) in [5.74, 6) is 1.34. The number of ether oxygens (including phenoxy) is 3. The first-order valence-corrected chi connectivity index (χ1v) is 8.61. The fourth-order valence-corrected chi connectivity index (χ4v) is 2.34. The summed E-state index contributed by atoms with van der Waals surface area (Å²) in [5.41, 5.74) is 0.521. The summed E-state index contributed by atoms with van der Waals surface area (Å²) in [7, 11) is 1.54. The van der Waals surface area contributed by atoms with Crippen LogP contribution in [0, 0.1) is 5.82 Å². The van der Waals surface area contributed by atoms with E-state index in [4.69, 9.17) is 14.2 Å². The van der Waals surface area contributed by atoms with Crippen molar-refractivity contribution in [3.05, 3.63) is 53.8 Å². The van der Waals surface area contributed by atoms with Crippen LogP contribution in [0.1, 0.15) is 30.1 Å². The molecule has 2 rings (SSSR count). The van der Waals surface area contributed by atoms with Gasteiger partial charge in [0.1, 0.15) is 11.6 Å². The highest BCUT2D eigenvalue weighted by Gasteiger charge is 2.10. The van der Waals surface area contributed by atoms with E-state index in [0.29, 0.717) is 42.6 Å². The molecule has 1 amide bonds. The van der Waals surface area contributed by atoms with E-state index in [9.17, 15) is 9.18 Å². The third kappa shape index (κ3) is 5.95. The lowest BCUT2D eigenvalue weighted by Gasteiger charge is -2.11. The molecule has 0 bridgehead atoms. The first-order valence-electron chi connectivity index (χ1n) is 8.61. The van der Waals surface area contributed by atoms with Gasteiger partial charge in [-0.15, -0.1) is 0 Å². The fourth-order valence-electron chi connectivity index (χ4n) is 2.34. The Kier molecular flexibility index (Phi) is 7.74. The minimum atomic E-state index is -0.286. The maximum Gasteiger partial charge on any atom is 0.251 e. The zero-order chi connectivity index (χ0) is 18.8. The van der Waals surface area contributed by atoms with Gasteiger partial charge < -0.3 is 19.5 Å². The molecule has 2 aromatic rings. The summed E-state index contributed by atoms with van der Waals surface area (Å²) in [6.45, 7) is 3.47.